The number of rotatable bonds is 7. The van der Waals surface area contributed by atoms with Crippen molar-refractivity contribution in [3.63, 3.8) is 0 Å². The zero-order valence-electron chi connectivity index (χ0n) is 18.7. The number of nitrogens with one attached hydrogen (secondary N) is 1. The fraction of sp³-hybridized carbons (Fsp3) is 0.364. The van der Waals surface area contributed by atoms with Crippen molar-refractivity contribution in [2.45, 2.75) is 37.2 Å². The van der Waals surface area contributed by atoms with Gasteiger partial charge in [-0.15, -0.1) is 23.1 Å². The minimum atomic E-state index is -1.41. The number of aliphatic carboxylic acids is 1. The molecule has 2 aromatic rings. The smallest absolute Gasteiger partial charge is 0.276 e. The van der Waals surface area contributed by atoms with Crippen LogP contribution in [0.2, 0.25) is 0 Å². The first-order chi connectivity index (χ1) is 16.9. The molecule has 0 saturated carbocycles. The third-order valence-corrected chi connectivity index (χ3v) is 8.20. The molecule has 35 heavy (non-hydrogen) atoms. The van der Waals surface area contributed by atoms with E-state index in [0.717, 1.165) is 30.6 Å². The van der Waals surface area contributed by atoms with Crippen LogP contribution >= 0.6 is 23.1 Å². The Balaban J connectivity index is 1.36. The SMILES string of the molecule is CO/N=C(/C(=O)N[C@@H]1C(=O)N2C(C(=O)[O-])=C(C[n+]3cccc4c3CCC4)CS[C@@H]12)c1csc(N)n1. The lowest BCUT2D eigenvalue weighted by atomic mass is 10.0. The third kappa shape index (κ3) is 4.14. The Morgan fingerprint density at radius 3 is 2.97 bits per heavy atom. The lowest BCUT2D eigenvalue weighted by molar-refractivity contribution is -0.696. The van der Waals surface area contributed by atoms with Crippen LogP contribution in [0.1, 0.15) is 23.4 Å². The molecule has 0 radical (unpaired) electrons. The van der Waals surface area contributed by atoms with Gasteiger partial charge in [0, 0.05) is 34.8 Å². The highest BCUT2D eigenvalue weighted by molar-refractivity contribution is 8.00. The molecule has 2 aliphatic heterocycles. The van der Waals surface area contributed by atoms with E-state index < -0.39 is 29.2 Å². The van der Waals surface area contributed by atoms with Crippen LogP contribution in [0, 0.1) is 0 Å². The summed E-state index contributed by atoms with van der Waals surface area (Å²) in [6.07, 6.45) is 4.94. The molecule has 0 spiro atoms. The molecule has 13 heteroatoms. The van der Waals surface area contributed by atoms with Crippen LogP contribution in [0.5, 0.6) is 0 Å². The molecule has 3 N–H and O–H groups in total. The fourth-order valence-corrected chi connectivity index (χ4v) is 6.54. The van der Waals surface area contributed by atoms with Crippen molar-refractivity contribution >= 4 is 51.7 Å². The number of nitrogen functional groups attached to an aromatic ring is 1. The zero-order valence-corrected chi connectivity index (χ0v) is 20.4. The summed E-state index contributed by atoms with van der Waals surface area (Å²) in [5.74, 6) is -2.21. The second-order valence-electron chi connectivity index (χ2n) is 8.26. The summed E-state index contributed by atoms with van der Waals surface area (Å²) in [6, 6.07) is 3.12. The quantitative estimate of drug-likeness (QED) is 0.206. The van der Waals surface area contributed by atoms with Crippen LogP contribution in [-0.4, -0.2) is 57.7 Å². The second kappa shape index (κ2) is 9.30. The minimum Gasteiger partial charge on any atom is -0.543 e. The highest BCUT2D eigenvalue weighted by atomic mass is 32.2. The fourth-order valence-electron chi connectivity index (χ4n) is 4.66. The summed E-state index contributed by atoms with van der Waals surface area (Å²) in [7, 11) is 1.29. The number of anilines is 1. The molecule has 1 saturated heterocycles. The summed E-state index contributed by atoms with van der Waals surface area (Å²) < 4.78 is 2.05. The number of carbonyl (C=O) groups is 3. The van der Waals surface area contributed by atoms with Crippen molar-refractivity contribution in [1.82, 2.24) is 15.2 Å². The van der Waals surface area contributed by atoms with Gasteiger partial charge in [0.1, 0.15) is 24.2 Å². The van der Waals surface area contributed by atoms with Gasteiger partial charge in [0.15, 0.2) is 29.3 Å². The third-order valence-electron chi connectivity index (χ3n) is 6.19. The molecule has 11 nitrogen and oxygen atoms in total. The normalized spacial score (nSPS) is 21.3. The van der Waals surface area contributed by atoms with E-state index in [1.165, 1.54) is 35.0 Å². The van der Waals surface area contributed by atoms with Crippen molar-refractivity contribution in [1.29, 1.82) is 0 Å². The van der Waals surface area contributed by atoms with E-state index in [0.29, 0.717) is 17.9 Å². The van der Waals surface area contributed by atoms with Crippen molar-refractivity contribution in [2.75, 3.05) is 18.6 Å². The number of fused-ring (bicyclic) bond motifs is 2. The van der Waals surface area contributed by atoms with Crippen LogP contribution in [0.15, 0.2) is 40.1 Å². The van der Waals surface area contributed by atoms with E-state index >= 15 is 0 Å². The molecule has 2 amide bonds. The maximum absolute atomic E-state index is 13.0. The lowest BCUT2D eigenvalue weighted by Crippen LogP contribution is -2.71. The van der Waals surface area contributed by atoms with Crippen LogP contribution < -0.4 is 20.7 Å². The number of thioether (sulfide) groups is 1. The molecule has 0 unspecified atom stereocenters. The number of aryl methyl sites for hydroxylation is 1. The van der Waals surface area contributed by atoms with Crippen LogP contribution in [0.25, 0.3) is 0 Å². The number of amides is 2. The Morgan fingerprint density at radius 2 is 2.26 bits per heavy atom. The highest BCUT2D eigenvalue weighted by Crippen LogP contribution is 2.40. The average molecular weight is 515 g/mol. The predicted octanol–water partition coefficient (Wildman–Crippen LogP) is -1.04. The number of thiazole rings is 1. The predicted molar refractivity (Wildman–Crippen MR) is 126 cm³/mol. The summed E-state index contributed by atoms with van der Waals surface area (Å²) in [6.45, 7) is 0.364. The topological polar surface area (TPSA) is 154 Å². The molecule has 0 aromatic carbocycles. The zero-order chi connectivity index (χ0) is 24.7. The molecule has 1 aliphatic carbocycles. The van der Waals surface area contributed by atoms with E-state index in [4.69, 9.17) is 10.6 Å². The Hall–Kier alpha value is -3.45. The van der Waals surface area contributed by atoms with Gasteiger partial charge in [-0.05, 0) is 18.9 Å². The van der Waals surface area contributed by atoms with E-state index in [1.54, 1.807) is 5.38 Å². The Kier molecular flexibility index (Phi) is 6.19. The van der Waals surface area contributed by atoms with Gasteiger partial charge in [0.2, 0.25) is 0 Å². The van der Waals surface area contributed by atoms with E-state index in [-0.39, 0.29) is 22.2 Å². The summed E-state index contributed by atoms with van der Waals surface area (Å²) in [5, 5.41) is 19.7. The van der Waals surface area contributed by atoms with Crippen molar-refractivity contribution in [3.05, 3.63) is 51.9 Å². The molecule has 3 aliphatic rings. The van der Waals surface area contributed by atoms with Crippen LogP contribution in [-0.2, 0) is 38.6 Å². The molecule has 2 atom stereocenters. The van der Waals surface area contributed by atoms with E-state index in [1.807, 2.05) is 12.3 Å². The lowest BCUT2D eigenvalue weighted by Gasteiger charge is -2.50. The van der Waals surface area contributed by atoms with Gasteiger partial charge in [-0.3, -0.25) is 14.5 Å². The number of hydrogen-bond acceptors (Lipinski definition) is 10. The number of oxime groups is 1. The minimum absolute atomic E-state index is 0.120. The van der Waals surface area contributed by atoms with Gasteiger partial charge in [0.25, 0.3) is 11.8 Å². The monoisotopic (exact) mass is 514 g/mol. The Bertz CT molecular complexity index is 1290. The number of carboxylic acids is 1. The van der Waals surface area contributed by atoms with Gasteiger partial charge in [-0.1, -0.05) is 5.16 Å². The van der Waals surface area contributed by atoms with Gasteiger partial charge in [-0.25, -0.2) is 4.98 Å². The number of carbonyl (C=O) groups excluding carboxylic acids is 3. The van der Waals surface area contributed by atoms with Gasteiger partial charge in [-0.2, -0.15) is 4.57 Å². The highest BCUT2D eigenvalue weighted by Gasteiger charge is 2.53. The maximum Gasteiger partial charge on any atom is 0.276 e. The van der Waals surface area contributed by atoms with Crippen molar-refractivity contribution < 1.29 is 28.9 Å². The number of β-lactam (4-membered cyclic amide) rings is 1. The van der Waals surface area contributed by atoms with E-state index in [2.05, 4.69) is 26.1 Å². The first kappa shape index (κ1) is 23.3. The molecule has 4 heterocycles. The number of aromatic nitrogens is 2. The number of pyridine rings is 1. The summed E-state index contributed by atoms with van der Waals surface area (Å²) >= 11 is 2.53. The molecule has 182 valence electrons. The van der Waals surface area contributed by atoms with Crippen LogP contribution in [0.3, 0.4) is 0 Å². The Labute approximate surface area is 208 Å². The number of hydrogen-bond donors (Lipinski definition) is 2. The van der Waals surface area contributed by atoms with Gasteiger partial charge < -0.3 is 25.8 Å². The standard InChI is InChI=1S/C22H22N6O5S2/c1-33-26-15(13-10-35-22(23)24-13)18(29)25-16-19(30)28-17(21(31)32)12(9-34-20(16)28)8-27-7-3-5-11-4-2-6-14(11)27/h3,5,7,10,16,20H,2,4,6,8-9H2,1H3,(H3-,23,24,25,29,31,32)/b26-15+/t16-,20+/m1/s1. The summed E-state index contributed by atoms with van der Waals surface area (Å²) in [5.41, 5.74) is 8.69. The van der Waals surface area contributed by atoms with E-state index in [9.17, 15) is 19.5 Å². The van der Waals surface area contributed by atoms with Gasteiger partial charge >= 0.3 is 0 Å². The van der Waals surface area contributed by atoms with Crippen molar-refractivity contribution in [3.8, 4) is 0 Å². The first-order valence-corrected chi connectivity index (χ1v) is 12.8. The second-order valence-corrected chi connectivity index (χ2v) is 10.3. The van der Waals surface area contributed by atoms with Crippen LogP contribution in [0.4, 0.5) is 5.13 Å². The van der Waals surface area contributed by atoms with Crippen molar-refractivity contribution in [2.24, 2.45) is 5.16 Å². The number of nitrogens with two attached hydrogens (primary N) is 1. The maximum atomic E-state index is 13.0. The average Bonchev–Trinajstić information content (AvgIpc) is 3.49. The largest absolute Gasteiger partial charge is 0.543 e. The molecular formula is C22H22N6O5S2. The molecular weight excluding hydrogens is 492 g/mol. The number of carboxylic acid groups (broad SMARTS) is 1. The molecule has 5 rings (SSSR count). The molecule has 2 aromatic heterocycles. The Morgan fingerprint density at radius 1 is 1.43 bits per heavy atom. The summed E-state index contributed by atoms with van der Waals surface area (Å²) in [4.78, 5) is 48.0. The molecule has 1 fully saturated rings. The first-order valence-electron chi connectivity index (χ1n) is 10.9. The molecule has 0 bridgehead atoms. The van der Waals surface area contributed by atoms with Gasteiger partial charge in [0.05, 0.1) is 11.7 Å². The number of nitrogens with zero attached hydrogens (tertiary/aromatic N) is 4.